The van der Waals surface area contributed by atoms with Gasteiger partial charge >= 0.3 is 0 Å². The van der Waals surface area contributed by atoms with Crippen LogP contribution in [0.15, 0.2) is 71.9 Å². The molecule has 0 aromatic carbocycles. The van der Waals surface area contributed by atoms with E-state index < -0.39 is 0 Å². The largest absolute Gasteiger partial charge is 0.0985 e. The first kappa shape index (κ1) is 14.4. The molecule has 0 heteroatoms. The molecule has 0 saturated carbocycles. The average Bonchev–Trinajstić information content (AvgIpc) is 2.33. The number of rotatable bonds is 5. The highest BCUT2D eigenvalue weighted by atomic mass is 13.9. The second-order valence-electron chi connectivity index (χ2n) is 3.48. The first-order chi connectivity index (χ1) is 7.67. The predicted octanol–water partition coefficient (Wildman–Crippen LogP) is 5.14. The second-order valence-corrected chi connectivity index (χ2v) is 3.48. The summed E-state index contributed by atoms with van der Waals surface area (Å²) in [6, 6.07) is 0. The van der Waals surface area contributed by atoms with Crippen LogP contribution >= 0.6 is 0 Å². The SMILES string of the molecule is C=CC(=CC)/C=C\C(=CC)/C=C\C(C)=CC. The molecule has 0 atom stereocenters. The fourth-order valence-corrected chi connectivity index (χ4v) is 1.05. The molecule has 0 amide bonds. The molecule has 0 unspecified atom stereocenters. The topological polar surface area (TPSA) is 0 Å². The van der Waals surface area contributed by atoms with E-state index in [0.29, 0.717) is 0 Å². The van der Waals surface area contributed by atoms with Gasteiger partial charge in [0.15, 0.2) is 0 Å². The van der Waals surface area contributed by atoms with Gasteiger partial charge in [-0.3, -0.25) is 0 Å². The van der Waals surface area contributed by atoms with Crippen molar-refractivity contribution < 1.29 is 0 Å². The van der Waals surface area contributed by atoms with Crippen molar-refractivity contribution in [2.24, 2.45) is 0 Å². The molecule has 0 saturated heterocycles. The number of allylic oxidation sites excluding steroid dienone is 11. The normalized spacial score (nSPS) is 15.1. The second kappa shape index (κ2) is 8.72. The molecular formula is C16H22. The zero-order chi connectivity index (χ0) is 12.4. The van der Waals surface area contributed by atoms with Crippen molar-refractivity contribution in [3.05, 3.63) is 71.9 Å². The fraction of sp³-hybridized carbons (Fsp3) is 0.250. The predicted molar refractivity (Wildman–Crippen MR) is 75.4 cm³/mol. The summed E-state index contributed by atoms with van der Waals surface area (Å²) in [4.78, 5) is 0. The molecule has 0 bridgehead atoms. The van der Waals surface area contributed by atoms with Gasteiger partial charge in [-0.25, -0.2) is 0 Å². The maximum Gasteiger partial charge on any atom is -0.0299 e. The van der Waals surface area contributed by atoms with Crippen molar-refractivity contribution in [2.75, 3.05) is 0 Å². The van der Waals surface area contributed by atoms with Crippen molar-refractivity contribution in [2.45, 2.75) is 27.7 Å². The van der Waals surface area contributed by atoms with E-state index in [9.17, 15) is 0 Å². The quantitative estimate of drug-likeness (QED) is 0.556. The summed E-state index contributed by atoms with van der Waals surface area (Å²) in [5, 5.41) is 0. The Hall–Kier alpha value is -1.56. The molecular weight excluding hydrogens is 192 g/mol. The Labute approximate surface area is 100 Å². The molecule has 0 N–H and O–H groups in total. The minimum absolute atomic E-state index is 1.13. The van der Waals surface area contributed by atoms with Gasteiger partial charge in [0.1, 0.15) is 0 Å². The van der Waals surface area contributed by atoms with Crippen LogP contribution in [0.2, 0.25) is 0 Å². The average molecular weight is 214 g/mol. The summed E-state index contributed by atoms with van der Waals surface area (Å²) in [5.41, 5.74) is 3.60. The van der Waals surface area contributed by atoms with E-state index in [0.717, 1.165) is 5.57 Å². The summed E-state index contributed by atoms with van der Waals surface area (Å²) in [6.07, 6.45) is 16.5. The van der Waals surface area contributed by atoms with Gasteiger partial charge in [0.25, 0.3) is 0 Å². The Morgan fingerprint density at radius 2 is 1.25 bits per heavy atom. The Bertz CT molecular complexity index is 357. The van der Waals surface area contributed by atoms with E-state index in [1.165, 1.54) is 11.1 Å². The molecule has 0 aliphatic heterocycles. The fourth-order valence-electron chi connectivity index (χ4n) is 1.05. The lowest BCUT2D eigenvalue weighted by atomic mass is 10.1. The van der Waals surface area contributed by atoms with Crippen molar-refractivity contribution >= 4 is 0 Å². The van der Waals surface area contributed by atoms with E-state index in [-0.39, 0.29) is 0 Å². The molecule has 0 spiro atoms. The molecule has 0 aliphatic rings. The van der Waals surface area contributed by atoms with Gasteiger partial charge in [-0.05, 0) is 38.8 Å². The minimum Gasteiger partial charge on any atom is -0.0985 e. The zero-order valence-corrected chi connectivity index (χ0v) is 10.8. The van der Waals surface area contributed by atoms with Crippen LogP contribution in [-0.4, -0.2) is 0 Å². The first-order valence-corrected chi connectivity index (χ1v) is 5.62. The third-order valence-electron chi connectivity index (χ3n) is 2.36. The van der Waals surface area contributed by atoms with Crippen LogP contribution in [0.4, 0.5) is 0 Å². The van der Waals surface area contributed by atoms with Gasteiger partial charge in [0.05, 0.1) is 0 Å². The molecule has 0 fully saturated rings. The Kier molecular flexibility index (Phi) is 7.87. The Morgan fingerprint density at radius 3 is 1.69 bits per heavy atom. The lowest BCUT2D eigenvalue weighted by molar-refractivity contribution is 1.46. The van der Waals surface area contributed by atoms with Crippen LogP contribution in [0.25, 0.3) is 0 Å². The molecule has 16 heavy (non-hydrogen) atoms. The van der Waals surface area contributed by atoms with Gasteiger partial charge in [-0.2, -0.15) is 0 Å². The lowest BCUT2D eigenvalue weighted by Crippen LogP contribution is -1.74. The minimum atomic E-state index is 1.13. The van der Waals surface area contributed by atoms with Gasteiger partial charge in [0, 0.05) is 0 Å². The summed E-state index contributed by atoms with van der Waals surface area (Å²) >= 11 is 0. The number of hydrogen-bond donors (Lipinski definition) is 0. The molecule has 86 valence electrons. The molecule has 0 heterocycles. The van der Waals surface area contributed by atoms with E-state index in [4.69, 9.17) is 0 Å². The molecule has 0 aromatic rings. The van der Waals surface area contributed by atoms with Crippen LogP contribution in [0.1, 0.15) is 27.7 Å². The maximum absolute atomic E-state index is 3.76. The van der Waals surface area contributed by atoms with Crippen LogP contribution in [0, 0.1) is 0 Å². The summed E-state index contributed by atoms with van der Waals surface area (Å²) in [5.74, 6) is 0. The van der Waals surface area contributed by atoms with Crippen LogP contribution in [0.3, 0.4) is 0 Å². The van der Waals surface area contributed by atoms with Crippen molar-refractivity contribution in [1.82, 2.24) is 0 Å². The lowest BCUT2D eigenvalue weighted by Gasteiger charge is -1.94. The van der Waals surface area contributed by atoms with E-state index >= 15 is 0 Å². The highest BCUT2D eigenvalue weighted by Gasteiger charge is 1.86. The highest BCUT2D eigenvalue weighted by Crippen LogP contribution is 2.06. The van der Waals surface area contributed by atoms with Gasteiger partial charge in [0.2, 0.25) is 0 Å². The van der Waals surface area contributed by atoms with Gasteiger partial charge < -0.3 is 0 Å². The summed E-state index contributed by atoms with van der Waals surface area (Å²) in [6.45, 7) is 11.9. The van der Waals surface area contributed by atoms with Crippen LogP contribution in [0.5, 0.6) is 0 Å². The molecule has 0 radical (unpaired) electrons. The summed E-state index contributed by atoms with van der Waals surface area (Å²) in [7, 11) is 0. The molecule has 0 rings (SSSR count). The third kappa shape index (κ3) is 6.02. The Balaban J connectivity index is 4.68. The van der Waals surface area contributed by atoms with Crippen LogP contribution in [-0.2, 0) is 0 Å². The van der Waals surface area contributed by atoms with Crippen molar-refractivity contribution in [3.8, 4) is 0 Å². The molecule has 0 nitrogen and oxygen atoms in total. The maximum atomic E-state index is 3.76. The third-order valence-corrected chi connectivity index (χ3v) is 2.36. The van der Waals surface area contributed by atoms with Gasteiger partial charge in [-0.15, -0.1) is 0 Å². The van der Waals surface area contributed by atoms with Crippen molar-refractivity contribution in [3.63, 3.8) is 0 Å². The first-order valence-electron chi connectivity index (χ1n) is 5.62. The molecule has 0 aromatic heterocycles. The Morgan fingerprint density at radius 1 is 0.750 bits per heavy atom. The van der Waals surface area contributed by atoms with Crippen molar-refractivity contribution in [1.29, 1.82) is 0 Å². The van der Waals surface area contributed by atoms with E-state index in [1.54, 1.807) is 0 Å². The van der Waals surface area contributed by atoms with E-state index in [1.807, 2.05) is 32.9 Å². The highest BCUT2D eigenvalue weighted by molar-refractivity contribution is 5.39. The standard InChI is InChI=1S/C16H22/c1-6-14(5)10-11-16(9-4)13-12-15(7-2)8-3/h6-13H,2H2,1,3-5H3/b11-10-,13-12-,14-6?,15-8?,16-9?. The smallest absolute Gasteiger partial charge is 0.0299 e. The van der Waals surface area contributed by atoms with E-state index in [2.05, 4.69) is 50.0 Å². The monoisotopic (exact) mass is 214 g/mol. The zero-order valence-electron chi connectivity index (χ0n) is 10.8. The number of hydrogen-bond acceptors (Lipinski definition) is 0. The summed E-state index contributed by atoms with van der Waals surface area (Å²) < 4.78 is 0. The van der Waals surface area contributed by atoms with Crippen LogP contribution < -0.4 is 0 Å². The molecule has 0 aliphatic carbocycles. The van der Waals surface area contributed by atoms with Gasteiger partial charge in [-0.1, -0.05) is 60.8 Å².